The number of carbonyl (C=O) groups excluding carboxylic acids is 3. The lowest BCUT2D eigenvalue weighted by molar-refractivity contribution is -0.151. The summed E-state index contributed by atoms with van der Waals surface area (Å²) in [6.07, 6.45) is -4.70. The number of rotatable bonds is 5. The second-order valence-electron chi connectivity index (χ2n) is 7.32. The molecule has 1 aliphatic rings. The van der Waals surface area contributed by atoms with Crippen LogP contribution in [0.4, 0.5) is 24.5 Å². The van der Waals surface area contributed by atoms with E-state index in [1.54, 1.807) is 6.07 Å². The van der Waals surface area contributed by atoms with E-state index in [9.17, 15) is 27.6 Å². The molecule has 1 heterocycles. The fourth-order valence-corrected chi connectivity index (χ4v) is 3.41. The molecule has 2 aromatic carbocycles. The molecule has 2 amide bonds. The molecule has 0 aromatic heterocycles. The fourth-order valence-electron chi connectivity index (χ4n) is 3.41. The number of halogens is 3. The van der Waals surface area contributed by atoms with Crippen LogP contribution in [-0.2, 0) is 25.3 Å². The number of aryl methyl sites for hydroxylation is 1. The maximum atomic E-state index is 13.0. The van der Waals surface area contributed by atoms with Gasteiger partial charge in [-0.2, -0.15) is 13.2 Å². The Hall–Kier alpha value is -3.36. The van der Waals surface area contributed by atoms with Crippen LogP contribution in [0.2, 0.25) is 0 Å². The Kier molecular flexibility index (Phi) is 6.33. The highest BCUT2D eigenvalue weighted by Crippen LogP contribution is 2.34. The molecule has 1 N–H and O–H groups in total. The van der Waals surface area contributed by atoms with Crippen molar-refractivity contribution in [3.05, 3.63) is 59.2 Å². The number of ether oxygens (including phenoxy) is 1. The zero-order valence-electron chi connectivity index (χ0n) is 17.0. The molecule has 0 spiro atoms. The summed E-state index contributed by atoms with van der Waals surface area (Å²) in [5.74, 6) is -2.65. The van der Waals surface area contributed by atoms with Gasteiger partial charge in [-0.15, -0.1) is 0 Å². The molecular formula is C22H21F3N2O4. The number of esters is 1. The topological polar surface area (TPSA) is 75.7 Å². The molecule has 1 aliphatic heterocycles. The van der Waals surface area contributed by atoms with Gasteiger partial charge in [0.05, 0.1) is 17.2 Å². The van der Waals surface area contributed by atoms with Crippen molar-refractivity contribution in [2.24, 2.45) is 5.92 Å². The van der Waals surface area contributed by atoms with E-state index in [0.717, 1.165) is 23.3 Å². The van der Waals surface area contributed by atoms with Crippen LogP contribution in [0.1, 0.15) is 23.1 Å². The second kappa shape index (κ2) is 8.79. The standard InChI is InChI=1S/C22H21F3N2O4/c1-13-6-5-9-18(14(13)2)27-11-15(10-20(27)29)21(30)31-12-19(28)26-17-8-4-3-7-16(17)22(23,24)25/h3-9,15H,10-12H2,1-2H3,(H,26,28)/t15-/m0/s1. The van der Waals surface area contributed by atoms with Gasteiger partial charge in [-0.3, -0.25) is 14.4 Å². The monoisotopic (exact) mass is 434 g/mol. The SMILES string of the molecule is Cc1cccc(N2C[C@@H](C(=O)OCC(=O)Nc3ccccc3C(F)(F)F)CC2=O)c1C. The number of amides is 2. The molecule has 6 nitrogen and oxygen atoms in total. The van der Waals surface area contributed by atoms with Gasteiger partial charge < -0.3 is 15.0 Å². The van der Waals surface area contributed by atoms with Crippen LogP contribution in [0.15, 0.2) is 42.5 Å². The third-order valence-electron chi connectivity index (χ3n) is 5.18. The highest BCUT2D eigenvalue weighted by atomic mass is 19.4. The molecule has 0 radical (unpaired) electrons. The summed E-state index contributed by atoms with van der Waals surface area (Å²) in [6, 6.07) is 10.0. The van der Waals surface area contributed by atoms with Gasteiger partial charge in [0.25, 0.3) is 5.91 Å². The third kappa shape index (κ3) is 5.04. The first kappa shape index (κ1) is 22.3. The molecule has 0 aliphatic carbocycles. The summed E-state index contributed by atoms with van der Waals surface area (Å²) in [6.45, 7) is 3.16. The van der Waals surface area contributed by atoms with Crippen LogP contribution in [0.3, 0.4) is 0 Å². The smallest absolute Gasteiger partial charge is 0.418 e. The molecule has 1 atom stereocenters. The van der Waals surface area contributed by atoms with Gasteiger partial charge in [-0.1, -0.05) is 24.3 Å². The number of nitrogens with one attached hydrogen (secondary N) is 1. The van der Waals surface area contributed by atoms with E-state index < -0.39 is 41.8 Å². The van der Waals surface area contributed by atoms with Gasteiger partial charge in [0.15, 0.2) is 6.61 Å². The van der Waals surface area contributed by atoms with E-state index in [4.69, 9.17) is 4.74 Å². The van der Waals surface area contributed by atoms with E-state index in [1.165, 1.54) is 17.0 Å². The lowest BCUT2D eigenvalue weighted by Gasteiger charge is -2.20. The summed E-state index contributed by atoms with van der Waals surface area (Å²) in [5, 5.41) is 2.11. The molecule has 0 unspecified atom stereocenters. The van der Waals surface area contributed by atoms with Crippen molar-refractivity contribution in [2.45, 2.75) is 26.4 Å². The Labute approximate surface area is 177 Å². The quantitative estimate of drug-likeness (QED) is 0.726. The maximum absolute atomic E-state index is 13.0. The van der Waals surface area contributed by atoms with Crippen molar-refractivity contribution in [2.75, 3.05) is 23.4 Å². The number of hydrogen-bond acceptors (Lipinski definition) is 4. The first-order chi connectivity index (χ1) is 14.6. The van der Waals surface area contributed by atoms with Crippen LogP contribution < -0.4 is 10.2 Å². The Balaban J connectivity index is 1.59. The molecule has 1 saturated heterocycles. The largest absolute Gasteiger partial charge is 0.455 e. The zero-order chi connectivity index (χ0) is 22.8. The molecule has 0 bridgehead atoms. The first-order valence-electron chi connectivity index (χ1n) is 9.57. The third-order valence-corrected chi connectivity index (χ3v) is 5.18. The van der Waals surface area contributed by atoms with Gasteiger partial charge in [0.1, 0.15) is 0 Å². The van der Waals surface area contributed by atoms with Gasteiger partial charge in [-0.25, -0.2) is 0 Å². The van der Waals surface area contributed by atoms with Crippen molar-refractivity contribution in [1.82, 2.24) is 0 Å². The molecular weight excluding hydrogens is 413 g/mol. The molecule has 164 valence electrons. The van der Waals surface area contributed by atoms with Crippen LogP contribution in [0.5, 0.6) is 0 Å². The summed E-state index contributed by atoms with van der Waals surface area (Å²) in [4.78, 5) is 38.3. The molecule has 1 fully saturated rings. The predicted molar refractivity (Wildman–Crippen MR) is 107 cm³/mol. The van der Waals surface area contributed by atoms with Crippen molar-refractivity contribution in [1.29, 1.82) is 0 Å². The number of hydrogen-bond donors (Lipinski definition) is 1. The number of para-hydroxylation sites is 1. The van der Waals surface area contributed by atoms with Crippen LogP contribution in [0, 0.1) is 19.8 Å². The van der Waals surface area contributed by atoms with Crippen LogP contribution in [-0.4, -0.2) is 30.9 Å². The Bertz CT molecular complexity index is 1020. The molecule has 3 rings (SSSR count). The highest BCUT2D eigenvalue weighted by Gasteiger charge is 2.37. The Morgan fingerprint density at radius 1 is 1.13 bits per heavy atom. The lowest BCUT2D eigenvalue weighted by Crippen LogP contribution is -2.29. The van der Waals surface area contributed by atoms with Crippen molar-refractivity contribution < 1.29 is 32.3 Å². The minimum atomic E-state index is -4.64. The number of nitrogens with zero attached hydrogens (tertiary/aromatic N) is 1. The Morgan fingerprint density at radius 2 is 1.84 bits per heavy atom. The lowest BCUT2D eigenvalue weighted by atomic mass is 10.1. The predicted octanol–water partition coefficient (Wildman–Crippen LogP) is 3.86. The van der Waals surface area contributed by atoms with Crippen molar-refractivity contribution in [3.8, 4) is 0 Å². The number of benzene rings is 2. The summed E-state index contributed by atoms with van der Waals surface area (Å²) < 4.78 is 44.0. The van der Waals surface area contributed by atoms with Crippen molar-refractivity contribution >= 4 is 29.2 Å². The van der Waals surface area contributed by atoms with Crippen LogP contribution in [0.25, 0.3) is 0 Å². The summed E-state index contributed by atoms with van der Waals surface area (Å²) in [5.41, 5.74) is 1.22. The van der Waals surface area contributed by atoms with E-state index in [-0.39, 0.29) is 18.9 Å². The fraction of sp³-hybridized carbons (Fsp3) is 0.318. The minimum absolute atomic E-state index is 0.0647. The van der Waals surface area contributed by atoms with Gasteiger partial charge in [0.2, 0.25) is 5.91 Å². The van der Waals surface area contributed by atoms with E-state index in [1.807, 2.05) is 26.0 Å². The van der Waals surface area contributed by atoms with Gasteiger partial charge >= 0.3 is 12.1 Å². The molecule has 9 heteroatoms. The zero-order valence-corrected chi connectivity index (χ0v) is 17.0. The summed E-state index contributed by atoms with van der Waals surface area (Å²) in [7, 11) is 0. The van der Waals surface area contributed by atoms with E-state index >= 15 is 0 Å². The average Bonchev–Trinajstić information content (AvgIpc) is 3.09. The van der Waals surface area contributed by atoms with E-state index in [0.29, 0.717) is 5.69 Å². The number of anilines is 2. The van der Waals surface area contributed by atoms with Gasteiger partial charge in [-0.05, 0) is 43.2 Å². The maximum Gasteiger partial charge on any atom is 0.418 e. The number of carbonyl (C=O) groups is 3. The highest BCUT2D eigenvalue weighted by molar-refractivity contribution is 6.00. The van der Waals surface area contributed by atoms with Gasteiger partial charge in [0, 0.05) is 18.7 Å². The number of alkyl halides is 3. The normalized spacial score (nSPS) is 16.4. The minimum Gasteiger partial charge on any atom is -0.455 e. The summed E-state index contributed by atoms with van der Waals surface area (Å²) >= 11 is 0. The average molecular weight is 434 g/mol. The molecule has 2 aromatic rings. The first-order valence-corrected chi connectivity index (χ1v) is 9.57. The Morgan fingerprint density at radius 3 is 2.55 bits per heavy atom. The second-order valence-corrected chi connectivity index (χ2v) is 7.32. The molecule has 31 heavy (non-hydrogen) atoms. The van der Waals surface area contributed by atoms with Crippen LogP contribution >= 0.6 is 0 Å². The van der Waals surface area contributed by atoms with E-state index in [2.05, 4.69) is 5.32 Å². The molecule has 0 saturated carbocycles. The van der Waals surface area contributed by atoms with Crippen molar-refractivity contribution in [3.63, 3.8) is 0 Å².